The minimum atomic E-state index is -0.710. The Morgan fingerprint density at radius 3 is 2.44 bits per heavy atom. The fourth-order valence-corrected chi connectivity index (χ4v) is 1.60. The highest BCUT2D eigenvalue weighted by Crippen LogP contribution is 2.29. The summed E-state index contributed by atoms with van der Waals surface area (Å²) in [5.74, 6) is 1.45. The minimum Gasteiger partial charge on any atom is -0.493 e. The molecule has 0 bridgehead atoms. The van der Waals surface area contributed by atoms with Crippen LogP contribution in [0.4, 0.5) is 0 Å². The predicted octanol–water partition coefficient (Wildman–Crippen LogP) is 2.41. The summed E-state index contributed by atoms with van der Waals surface area (Å²) in [7, 11) is 1.62. The molecule has 0 amide bonds. The van der Waals surface area contributed by atoms with E-state index in [2.05, 4.69) is 0 Å². The van der Waals surface area contributed by atoms with Gasteiger partial charge in [-0.1, -0.05) is 6.07 Å². The number of rotatable bonds is 5. The van der Waals surface area contributed by atoms with Crippen LogP contribution in [0.2, 0.25) is 0 Å². The quantitative estimate of drug-likeness (QED) is 0.834. The van der Waals surface area contributed by atoms with Crippen molar-refractivity contribution in [1.29, 1.82) is 0 Å². The molecule has 3 heteroatoms. The lowest BCUT2D eigenvalue weighted by atomic mass is 9.98. The molecule has 0 heterocycles. The maximum Gasteiger partial charge on any atom is 0.161 e. The van der Waals surface area contributed by atoms with Crippen LogP contribution in [0.3, 0.4) is 0 Å². The number of hydrogen-bond donors (Lipinski definition) is 1. The Bertz CT molecular complexity index is 340. The van der Waals surface area contributed by atoms with Gasteiger partial charge < -0.3 is 14.6 Å². The summed E-state index contributed by atoms with van der Waals surface area (Å²) in [6.45, 7) is 6.12. The molecule has 0 aliphatic carbocycles. The molecule has 16 heavy (non-hydrogen) atoms. The van der Waals surface area contributed by atoms with Gasteiger partial charge in [0, 0.05) is 6.42 Å². The Morgan fingerprint density at radius 1 is 1.25 bits per heavy atom. The summed E-state index contributed by atoms with van der Waals surface area (Å²) in [6.07, 6.45) is 0.593. The summed E-state index contributed by atoms with van der Waals surface area (Å²) < 4.78 is 10.7. The van der Waals surface area contributed by atoms with Crippen molar-refractivity contribution in [2.24, 2.45) is 0 Å². The van der Waals surface area contributed by atoms with Gasteiger partial charge in [0.05, 0.1) is 19.3 Å². The molecule has 1 N–H and O–H groups in total. The van der Waals surface area contributed by atoms with Crippen molar-refractivity contribution >= 4 is 0 Å². The van der Waals surface area contributed by atoms with Crippen LogP contribution in [-0.2, 0) is 6.42 Å². The monoisotopic (exact) mass is 224 g/mol. The van der Waals surface area contributed by atoms with Gasteiger partial charge in [-0.05, 0) is 38.5 Å². The van der Waals surface area contributed by atoms with E-state index in [1.165, 1.54) is 0 Å². The predicted molar refractivity (Wildman–Crippen MR) is 64.2 cm³/mol. The van der Waals surface area contributed by atoms with E-state index in [1.54, 1.807) is 21.0 Å². The van der Waals surface area contributed by atoms with Crippen LogP contribution in [0, 0.1) is 0 Å². The van der Waals surface area contributed by atoms with Gasteiger partial charge in [-0.2, -0.15) is 0 Å². The molecule has 1 aromatic rings. The highest BCUT2D eigenvalue weighted by Gasteiger charge is 2.15. The van der Waals surface area contributed by atoms with Crippen molar-refractivity contribution in [1.82, 2.24) is 0 Å². The maximum atomic E-state index is 9.74. The number of aliphatic hydroxyl groups is 1. The summed E-state index contributed by atoms with van der Waals surface area (Å²) in [6, 6.07) is 5.73. The molecule has 1 rings (SSSR count). The van der Waals surface area contributed by atoms with Gasteiger partial charge in [-0.15, -0.1) is 0 Å². The molecule has 0 saturated heterocycles. The molecule has 90 valence electrons. The molecule has 3 nitrogen and oxygen atoms in total. The molecule has 0 radical (unpaired) electrons. The largest absolute Gasteiger partial charge is 0.493 e. The van der Waals surface area contributed by atoms with Crippen LogP contribution >= 0.6 is 0 Å². The van der Waals surface area contributed by atoms with Crippen LogP contribution in [0.5, 0.6) is 11.5 Å². The van der Waals surface area contributed by atoms with Gasteiger partial charge in [0.25, 0.3) is 0 Å². The van der Waals surface area contributed by atoms with Crippen molar-refractivity contribution in [3.05, 3.63) is 23.8 Å². The van der Waals surface area contributed by atoms with Gasteiger partial charge in [-0.3, -0.25) is 0 Å². The Hall–Kier alpha value is -1.22. The SMILES string of the molecule is CCOc1ccc(CC(C)(C)O)cc1OC. The zero-order valence-corrected chi connectivity index (χ0v) is 10.4. The van der Waals surface area contributed by atoms with E-state index in [9.17, 15) is 5.11 Å². The lowest BCUT2D eigenvalue weighted by molar-refractivity contribution is 0.0809. The van der Waals surface area contributed by atoms with Crippen molar-refractivity contribution in [2.75, 3.05) is 13.7 Å². The Morgan fingerprint density at radius 2 is 1.94 bits per heavy atom. The van der Waals surface area contributed by atoms with Crippen LogP contribution < -0.4 is 9.47 Å². The third kappa shape index (κ3) is 3.74. The standard InChI is InChI=1S/C13H20O3/c1-5-16-11-7-6-10(8-12(11)15-4)9-13(2,3)14/h6-8,14H,5,9H2,1-4H3. The molecule has 0 spiro atoms. The minimum absolute atomic E-state index is 0.593. The Balaban J connectivity index is 2.90. The van der Waals surface area contributed by atoms with Crippen LogP contribution in [0.25, 0.3) is 0 Å². The first-order valence-corrected chi connectivity index (χ1v) is 5.48. The van der Waals surface area contributed by atoms with E-state index in [0.717, 1.165) is 11.3 Å². The molecule has 0 aliphatic heterocycles. The van der Waals surface area contributed by atoms with Crippen molar-refractivity contribution in [3.8, 4) is 11.5 Å². The molecule has 0 saturated carbocycles. The van der Waals surface area contributed by atoms with Crippen LogP contribution in [0.1, 0.15) is 26.3 Å². The molecule has 1 aromatic carbocycles. The second-order valence-electron chi connectivity index (χ2n) is 4.41. The summed E-state index contributed by atoms with van der Waals surface area (Å²) >= 11 is 0. The lowest BCUT2D eigenvalue weighted by Crippen LogP contribution is -2.21. The zero-order chi connectivity index (χ0) is 12.2. The second kappa shape index (κ2) is 5.21. The number of benzene rings is 1. The van der Waals surface area contributed by atoms with E-state index in [-0.39, 0.29) is 0 Å². The Labute approximate surface area is 97.0 Å². The first-order valence-electron chi connectivity index (χ1n) is 5.48. The van der Waals surface area contributed by atoms with Gasteiger partial charge in [0.2, 0.25) is 0 Å². The van der Waals surface area contributed by atoms with Gasteiger partial charge in [-0.25, -0.2) is 0 Å². The van der Waals surface area contributed by atoms with E-state index in [4.69, 9.17) is 9.47 Å². The lowest BCUT2D eigenvalue weighted by Gasteiger charge is -2.18. The van der Waals surface area contributed by atoms with Crippen molar-refractivity contribution < 1.29 is 14.6 Å². The first kappa shape index (κ1) is 12.8. The molecular weight excluding hydrogens is 204 g/mol. The fraction of sp³-hybridized carbons (Fsp3) is 0.538. The molecule has 0 fully saturated rings. The topological polar surface area (TPSA) is 38.7 Å². The number of methoxy groups -OCH3 is 1. The highest BCUT2D eigenvalue weighted by atomic mass is 16.5. The molecule has 0 unspecified atom stereocenters. The molecule has 0 aromatic heterocycles. The zero-order valence-electron chi connectivity index (χ0n) is 10.4. The van der Waals surface area contributed by atoms with Crippen LogP contribution in [0.15, 0.2) is 18.2 Å². The summed E-state index contributed by atoms with van der Waals surface area (Å²) in [5.41, 5.74) is 0.325. The third-order valence-corrected chi connectivity index (χ3v) is 2.16. The van der Waals surface area contributed by atoms with Crippen molar-refractivity contribution in [3.63, 3.8) is 0 Å². The smallest absolute Gasteiger partial charge is 0.161 e. The third-order valence-electron chi connectivity index (χ3n) is 2.16. The van der Waals surface area contributed by atoms with E-state index in [1.807, 2.05) is 25.1 Å². The van der Waals surface area contributed by atoms with Gasteiger partial charge in [0.15, 0.2) is 11.5 Å². The molecular formula is C13H20O3. The summed E-state index contributed by atoms with van der Waals surface area (Å²) in [4.78, 5) is 0. The maximum absolute atomic E-state index is 9.74. The average Bonchev–Trinajstić information content (AvgIpc) is 2.18. The summed E-state index contributed by atoms with van der Waals surface area (Å²) in [5, 5.41) is 9.74. The molecule has 0 atom stereocenters. The number of ether oxygens (including phenoxy) is 2. The molecule has 0 aliphatic rings. The van der Waals surface area contributed by atoms with E-state index < -0.39 is 5.60 Å². The normalized spacial score (nSPS) is 11.3. The fourth-order valence-electron chi connectivity index (χ4n) is 1.60. The first-order chi connectivity index (χ1) is 7.46. The number of hydrogen-bond acceptors (Lipinski definition) is 3. The Kier molecular flexibility index (Phi) is 4.19. The average molecular weight is 224 g/mol. The van der Waals surface area contributed by atoms with E-state index >= 15 is 0 Å². The van der Waals surface area contributed by atoms with E-state index in [0.29, 0.717) is 18.8 Å². The van der Waals surface area contributed by atoms with Crippen molar-refractivity contribution in [2.45, 2.75) is 32.8 Å². The highest BCUT2D eigenvalue weighted by molar-refractivity contribution is 5.43. The van der Waals surface area contributed by atoms with Gasteiger partial charge in [0.1, 0.15) is 0 Å². The van der Waals surface area contributed by atoms with Gasteiger partial charge >= 0.3 is 0 Å². The van der Waals surface area contributed by atoms with Crippen LogP contribution in [-0.4, -0.2) is 24.4 Å². The second-order valence-corrected chi connectivity index (χ2v) is 4.41.